The van der Waals surface area contributed by atoms with Crippen LogP contribution in [0.2, 0.25) is 0 Å². The summed E-state index contributed by atoms with van der Waals surface area (Å²) in [5, 5.41) is 0. The molecule has 1 aliphatic carbocycles. The maximum Gasteiger partial charge on any atom is 0.221 e. The lowest BCUT2D eigenvalue weighted by molar-refractivity contribution is -0.129. The van der Waals surface area contributed by atoms with Crippen molar-refractivity contribution in [3.05, 3.63) is 0 Å². The third-order valence-electron chi connectivity index (χ3n) is 3.56. The lowest BCUT2D eigenvalue weighted by Crippen LogP contribution is -2.35. The van der Waals surface area contributed by atoms with E-state index in [1.54, 1.807) is 0 Å². The number of nitrogens with two attached hydrogens (primary N) is 2. The predicted molar refractivity (Wildman–Crippen MR) is 57.6 cm³/mol. The van der Waals surface area contributed by atoms with E-state index in [9.17, 15) is 9.59 Å². The Morgan fingerprint density at radius 3 is 2.20 bits per heavy atom. The topological polar surface area (TPSA) is 86.2 Å². The first kappa shape index (κ1) is 12.0. The first-order chi connectivity index (χ1) is 7.02. The van der Waals surface area contributed by atoms with Gasteiger partial charge in [-0.3, -0.25) is 9.59 Å². The molecule has 1 fully saturated rings. The maximum absolute atomic E-state index is 11.2. The molecular weight excluding hydrogens is 192 g/mol. The fourth-order valence-electron chi connectivity index (χ4n) is 2.57. The number of hydrogen-bond donors (Lipinski definition) is 2. The van der Waals surface area contributed by atoms with Crippen molar-refractivity contribution in [1.82, 2.24) is 0 Å². The lowest BCUT2D eigenvalue weighted by Gasteiger charge is -2.25. The van der Waals surface area contributed by atoms with Crippen LogP contribution in [0.25, 0.3) is 0 Å². The van der Waals surface area contributed by atoms with Crippen LogP contribution in [0.1, 0.15) is 39.0 Å². The van der Waals surface area contributed by atoms with Crippen LogP contribution in [-0.4, -0.2) is 11.8 Å². The standard InChI is InChI=1S/C11H20N2O2/c1-7(8-4-2-3-5-8)9(11(13)15)6-10(12)14/h7-9H,2-6H2,1H3,(H2,12,14)(H2,13,15). The normalized spacial score (nSPS) is 21.1. The lowest BCUT2D eigenvalue weighted by atomic mass is 9.80. The Kier molecular flexibility index (Phi) is 4.12. The van der Waals surface area contributed by atoms with Crippen molar-refractivity contribution in [2.24, 2.45) is 29.2 Å². The van der Waals surface area contributed by atoms with Crippen molar-refractivity contribution in [3.8, 4) is 0 Å². The largest absolute Gasteiger partial charge is 0.370 e. The number of rotatable bonds is 5. The first-order valence-electron chi connectivity index (χ1n) is 5.60. The third kappa shape index (κ3) is 3.22. The molecule has 0 aromatic carbocycles. The van der Waals surface area contributed by atoms with E-state index >= 15 is 0 Å². The number of primary amides is 2. The Hall–Kier alpha value is -1.06. The molecule has 0 aliphatic heterocycles. The summed E-state index contributed by atoms with van der Waals surface area (Å²) in [6.45, 7) is 2.01. The van der Waals surface area contributed by atoms with Gasteiger partial charge < -0.3 is 11.5 Å². The van der Waals surface area contributed by atoms with Crippen LogP contribution in [0.4, 0.5) is 0 Å². The van der Waals surface area contributed by atoms with Crippen LogP contribution >= 0.6 is 0 Å². The zero-order valence-corrected chi connectivity index (χ0v) is 9.24. The first-order valence-corrected chi connectivity index (χ1v) is 5.60. The van der Waals surface area contributed by atoms with Crippen LogP contribution in [0.3, 0.4) is 0 Å². The third-order valence-corrected chi connectivity index (χ3v) is 3.56. The summed E-state index contributed by atoms with van der Waals surface area (Å²) in [5.41, 5.74) is 10.4. The zero-order valence-electron chi connectivity index (χ0n) is 9.24. The van der Waals surface area contributed by atoms with Crippen molar-refractivity contribution < 1.29 is 9.59 Å². The molecule has 0 bridgehead atoms. The van der Waals surface area contributed by atoms with Gasteiger partial charge in [0.05, 0.1) is 0 Å². The van der Waals surface area contributed by atoms with E-state index in [2.05, 4.69) is 0 Å². The van der Waals surface area contributed by atoms with E-state index in [-0.39, 0.29) is 18.3 Å². The van der Waals surface area contributed by atoms with Crippen LogP contribution < -0.4 is 11.5 Å². The SMILES string of the molecule is CC(C1CCCC1)C(CC(N)=O)C(N)=O. The summed E-state index contributed by atoms with van der Waals surface area (Å²) >= 11 is 0. The van der Waals surface area contributed by atoms with Gasteiger partial charge in [0, 0.05) is 12.3 Å². The summed E-state index contributed by atoms with van der Waals surface area (Å²) in [7, 11) is 0. The molecule has 2 unspecified atom stereocenters. The molecule has 4 heteroatoms. The Morgan fingerprint density at radius 2 is 1.80 bits per heavy atom. The Balaban J connectivity index is 2.61. The molecule has 1 saturated carbocycles. The van der Waals surface area contributed by atoms with Crippen LogP contribution in [0.5, 0.6) is 0 Å². The average Bonchev–Trinajstić information content (AvgIpc) is 2.65. The minimum atomic E-state index is -0.441. The molecule has 4 nitrogen and oxygen atoms in total. The van der Waals surface area contributed by atoms with Crippen LogP contribution in [-0.2, 0) is 9.59 Å². The highest BCUT2D eigenvalue weighted by atomic mass is 16.2. The highest BCUT2D eigenvalue weighted by Gasteiger charge is 2.32. The number of amides is 2. The minimum Gasteiger partial charge on any atom is -0.370 e. The van der Waals surface area contributed by atoms with E-state index in [0.717, 1.165) is 12.8 Å². The molecule has 2 atom stereocenters. The monoisotopic (exact) mass is 212 g/mol. The van der Waals surface area contributed by atoms with Crippen molar-refractivity contribution in [2.75, 3.05) is 0 Å². The molecule has 0 saturated heterocycles. The van der Waals surface area contributed by atoms with E-state index in [1.165, 1.54) is 12.8 Å². The van der Waals surface area contributed by atoms with Gasteiger partial charge in [0.1, 0.15) is 0 Å². The van der Waals surface area contributed by atoms with Crippen molar-refractivity contribution in [2.45, 2.75) is 39.0 Å². The maximum atomic E-state index is 11.2. The second kappa shape index (κ2) is 5.14. The summed E-state index contributed by atoms with van der Waals surface area (Å²) in [4.78, 5) is 22.1. The molecule has 1 aliphatic rings. The summed E-state index contributed by atoms with van der Waals surface area (Å²) < 4.78 is 0. The molecule has 15 heavy (non-hydrogen) atoms. The van der Waals surface area contributed by atoms with Gasteiger partial charge in [-0.1, -0.05) is 32.6 Å². The molecule has 2 amide bonds. The summed E-state index contributed by atoms with van der Waals surface area (Å²) in [6.07, 6.45) is 4.81. The molecule has 0 aromatic heterocycles. The molecule has 0 heterocycles. The van der Waals surface area contributed by atoms with Gasteiger partial charge in [-0.15, -0.1) is 0 Å². The van der Waals surface area contributed by atoms with Gasteiger partial charge >= 0.3 is 0 Å². The zero-order chi connectivity index (χ0) is 11.4. The van der Waals surface area contributed by atoms with Gasteiger partial charge in [0.15, 0.2) is 0 Å². The molecule has 0 spiro atoms. The Bertz CT molecular complexity index is 247. The number of carbonyl (C=O) groups is 2. The van der Waals surface area contributed by atoms with Crippen molar-refractivity contribution >= 4 is 11.8 Å². The highest BCUT2D eigenvalue weighted by molar-refractivity contribution is 5.84. The number of hydrogen-bond acceptors (Lipinski definition) is 2. The van der Waals surface area contributed by atoms with Gasteiger partial charge in [-0.2, -0.15) is 0 Å². The minimum absolute atomic E-state index is 0.0903. The van der Waals surface area contributed by atoms with Crippen LogP contribution in [0.15, 0.2) is 0 Å². The summed E-state index contributed by atoms with van der Waals surface area (Å²) in [6, 6.07) is 0. The van der Waals surface area contributed by atoms with E-state index in [0.29, 0.717) is 5.92 Å². The van der Waals surface area contributed by atoms with E-state index in [1.807, 2.05) is 6.92 Å². The second-order valence-electron chi connectivity index (χ2n) is 4.58. The average molecular weight is 212 g/mol. The molecular formula is C11H20N2O2. The number of carbonyl (C=O) groups excluding carboxylic acids is 2. The van der Waals surface area contributed by atoms with Gasteiger partial charge in [0.2, 0.25) is 11.8 Å². The van der Waals surface area contributed by atoms with Crippen molar-refractivity contribution in [1.29, 1.82) is 0 Å². The van der Waals surface area contributed by atoms with Gasteiger partial charge in [-0.25, -0.2) is 0 Å². The highest BCUT2D eigenvalue weighted by Crippen LogP contribution is 2.35. The molecule has 4 N–H and O–H groups in total. The molecule has 86 valence electrons. The van der Waals surface area contributed by atoms with E-state index < -0.39 is 11.8 Å². The Morgan fingerprint density at radius 1 is 1.27 bits per heavy atom. The fraction of sp³-hybridized carbons (Fsp3) is 0.818. The predicted octanol–water partition coefficient (Wildman–Crippen LogP) is 0.790. The smallest absolute Gasteiger partial charge is 0.221 e. The van der Waals surface area contributed by atoms with E-state index in [4.69, 9.17) is 11.5 Å². The molecule has 0 radical (unpaired) electrons. The van der Waals surface area contributed by atoms with Crippen LogP contribution in [0, 0.1) is 17.8 Å². The summed E-state index contributed by atoms with van der Waals surface area (Å²) in [5.74, 6) is -0.512. The second-order valence-corrected chi connectivity index (χ2v) is 4.58. The quantitative estimate of drug-likeness (QED) is 0.705. The van der Waals surface area contributed by atoms with Crippen molar-refractivity contribution in [3.63, 3.8) is 0 Å². The molecule has 0 aromatic rings. The Labute approximate surface area is 90.4 Å². The van der Waals surface area contributed by atoms with Gasteiger partial charge in [-0.05, 0) is 11.8 Å². The fourth-order valence-corrected chi connectivity index (χ4v) is 2.57. The van der Waals surface area contributed by atoms with Gasteiger partial charge in [0.25, 0.3) is 0 Å². The molecule has 1 rings (SSSR count).